The lowest BCUT2D eigenvalue weighted by Gasteiger charge is -2.40. The van der Waals surface area contributed by atoms with E-state index >= 15 is 0 Å². The van der Waals surface area contributed by atoms with Crippen LogP contribution in [0.15, 0.2) is 42.5 Å². The number of nitrogens with one attached hydrogen (secondary N) is 1. The number of nitrogens with zero attached hydrogens (tertiary/aromatic N) is 1. The standard InChI is InChI=1S/C25H34N2O2/c1-8-11-22(25(5,6)7)27(24(29)20-15-17(2)14-18(3)16-20)26-23(28)21-13-10-9-12-19(21)4/h9-10,12-16,22H,8,11H2,1-7H3,(H,26,28). The molecule has 4 heteroatoms. The number of carbonyl (C=O) groups excluding carboxylic acids is 2. The maximum Gasteiger partial charge on any atom is 0.272 e. The molecule has 0 heterocycles. The molecule has 2 amide bonds. The third-order valence-corrected chi connectivity index (χ3v) is 5.17. The van der Waals surface area contributed by atoms with Crippen molar-refractivity contribution < 1.29 is 9.59 Å². The second kappa shape index (κ2) is 9.25. The van der Waals surface area contributed by atoms with Crippen LogP contribution in [0.5, 0.6) is 0 Å². The SMILES string of the molecule is CCCC(N(NC(=O)c1ccccc1C)C(=O)c1cc(C)cc(C)c1)C(C)(C)C. The summed E-state index contributed by atoms with van der Waals surface area (Å²) in [5.74, 6) is -0.432. The van der Waals surface area contributed by atoms with Gasteiger partial charge in [-0.1, -0.05) is 69.5 Å². The summed E-state index contributed by atoms with van der Waals surface area (Å²) in [5.41, 5.74) is 6.87. The molecule has 0 saturated heterocycles. The molecule has 0 saturated carbocycles. The van der Waals surface area contributed by atoms with Crippen LogP contribution in [-0.2, 0) is 0 Å². The highest BCUT2D eigenvalue weighted by atomic mass is 16.2. The van der Waals surface area contributed by atoms with E-state index in [9.17, 15) is 9.59 Å². The summed E-state index contributed by atoms with van der Waals surface area (Å²) >= 11 is 0. The quantitative estimate of drug-likeness (QED) is 0.670. The van der Waals surface area contributed by atoms with Crippen molar-refractivity contribution in [3.8, 4) is 0 Å². The van der Waals surface area contributed by atoms with Gasteiger partial charge in [0, 0.05) is 11.1 Å². The number of hydrazine groups is 1. The summed E-state index contributed by atoms with van der Waals surface area (Å²) in [6.45, 7) is 14.3. The molecule has 0 radical (unpaired) electrons. The third kappa shape index (κ3) is 5.69. The van der Waals surface area contributed by atoms with E-state index in [0.717, 1.165) is 29.5 Å². The van der Waals surface area contributed by atoms with Gasteiger partial charge in [0.25, 0.3) is 11.8 Å². The molecule has 156 valence electrons. The van der Waals surface area contributed by atoms with E-state index in [2.05, 4.69) is 33.1 Å². The van der Waals surface area contributed by atoms with Gasteiger partial charge < -0.3 is 0 Å². The molecule has 1 N–H and O–H groups in total. The van der Waals surface area contributed by atoms with Crippen molar-refractivity contribution in [3.63, 3.8) is 0 Å². The van der Waals surface area contributed by atoms with Gasteiger partial charge in [0.2, 0.25) is 0 Å². The van der Waals surface area contributed by atoms with Crippen LogP contribution in [0, 0.1) is 26.2 Å². The van der Waals surface area contributed by atoms with E-state index in [1.54, 1.807) is 11.1 Å². The van der Waals surface area contributed by atoms with E-state index in [1.807, 2.05) is 57.2 Å². The maximum absolute atomic E-state index is 13.6. The van der Waals surface area contributed by atoms with Crippen molar-refractivity contribution in [1.29, 1.82) is 0 Å². The second-order valence-corrected chi connectivity index (χ2v) is 8.98. The van der Waals surface area contributed by atoms with Crippen molar-refractivity contribution in [1.82, 2.24) is 10.4 Å². The van der Waals surface area contributed by atoms with Gasteiger partial charge in [0.1, 0.15) is 0 Å². The normalized spacial score (nSPS) is 12.4. The van der Waals surface area contributed by atoms with Crippen LogP contribution < -0.4 is 5.43 Å². The molecule has 2 rings (SSSR count). The van der Waals surface area contributed by atoms with Crippen LogP contribution in [0.25, 0.3) is 0 Å². The summed E-state index contributed by atoms with van der Waals surface area (Å²) in [4.78, 5) is 26.7. The Morgan fingerprint density at radius 1 is 1.00 bits per heavy atom. The molecule has 0 fully saturated rings. The van der Waals surface area contributed by atoms with Crippen LogP contribution in [0.4, 0.5) is 0 Å². The minimum atomic E-state index is -0.258. The highest BCUT2D eigenvalue weighted by molar-refractivity contribution is 6.00. The van der Waals surface area contributed by atoms with E-state index in [1.165, 1.54) is 0 Å². The summed E-state index contributed by atoms with van der Waals surface area (Å²) in [6.07, 6.45) is 1.72. The first-order valence-electron chi connectivity index (χ1n) is 10.3. The smallest absolute Gasteiger partial charge is 0.267 e. The number of benzene rings is 2. The fourth-order valence-electron chi connectivity index (χ4n) is 3.73. The molecular formula is C25H34N2O2. The number of hydrogen-bond donors (Lipinski definition) is 1. The first-order valence-corrected chi connectivity index (χ1v) is 10.3. The van der Waals surface area contributed by atoms with Gasteiger partial charge in [-0.25, -0.2) is 5.01 Å². The van der Waals surface area contributed by atoms with Gasteiger partial charge in [0.15, 0.2) is 0 Å². The Balaban J connectivity index is 2.48. The summed E-state index contributed by atoms with van der Waals surface area (Å²) in [6, 6.07) is 13.1. The minimum absolute atomic E-state index is 0.131. The molecule has 29 heavy (non-hydrogen) atoms. The molecular weight excluding hydrogens is 360 g/mol. The number of rotatable bonds is 5. The monoisotopic (exact) mass is 394 g/mol. The average Bonchev–Trinajstić information content (AvgIpc) is 2.62. The Kier molecular flexibility index (Phi) is 7.23. The van der Waals surface area contributed by atoms with Crippen molar-refractivity contribution in [2.24, 2.45) is 5.41 Å². The zero-order valence-corrected chi connectivity index (χ0v) is 18.8. The summed E-state index contributed by atoms with van der Waals surface area (Å²) in [7, 11) is 0. The van der Waals surface area contributed by atoms with Crippen molar-refractivity contribution in [2.45, 2.75) is 67.3 Å². The fraction of sp³-hybridized carbons (Fsp3) is 0.440. The van der Waals surface area contributed by atoms with Gasteiger partial charge in [0.05, 0.1) is 6.04 Å². The zero-order valence-electron chi connectivity index (χ0n) is 18.8. The van der Waals surface area contributed by atoms with E-state index in [-0.39, 0.29) is 23.3 Å². The predicted octanol–water partition coefficient (Wildman–Crippen LogP) is 5.61. The molecule has 1 unspecified atom stereocenters. The first-order chi connectivity index (χ1) is 13.5. The molecule has 0 aromatic heterocycles. The Labute approximate surface area is 175 Å². The topological polar surface area (TPSA) is 49.4 Å². The Bertz CT molecular complexity index is 860. The van der Waals surface area contributed by atoms with Gasteiger partial charge in [-0.15, -0.1) is 0 Å². The lowest BCUT2D eigenvalue weighted by Crippen LogP contribution is -2.56. The second-order valence-electron chi connectivity index (χ2n) is 8.98. The molecule has 0 aliphatic carbocycles. The number of carbonyl (C=O) groups is 2. The first kappa shape index (κ1) is 22.7. The van der Waals surface area contributed by atoms with Crippen molar-refractivity contribution in [3.05, 3.63) is 70.3 Å². The van der Waals surface area contributed by atoms with Gasteiger partial charge in [-0.05, 0) is 56.4 Å². The minimum Gasteiger partial charge on any atom is -0.267 e. The fourth-order valence-corrected chi connectivity index (χ4v) is 3.73. The summed E-state index contributed by atoms with van der Waals surface area (Å²) in [5, 5.41) is 1.56. The molecule has 0 aliphatic heterocycles. The predicted molar refractivity (Wildman–Crippen MR) is 119 cm³/mol. The Morgan fingerprint density at radius 2 is 1.59 bits per heavy atom. The molecule has 4 nitrogen and oxygen atoms in total. The van der Waals surface area contributed by atoms with Gasteiger partial charge in [-0.3, -0.25) is 15.0 Å². The van der Waals surface area contributed by atoms with Crippen LogP contribution in [0.2, 0.25) is 0 Å². The van der Waals surface area contributed by atoms with Crippen LogP contribution >= 0.6 is 0 Å². The van der Waals surface area contributed by atoms with Crippen molar-refractivity contribution in [2.75, 3.05) is 0 Å². The van der Waals surface area contributed by atoms with Gasteiger partial charge >= 0.3 is 0 Å². The third-order valence-electron chi connectivity index (χ3n) is 5.17. The lowest BCUT2D eigenvalue weighted by molar-refractivity contribution is 0.0271. The van der Waals surface area contributed by atoms with Crippen LogP contribution in [0.3, 0.4) is 0 Å². The largest absolute Gasteiger partial charge is 0.272 e. The van der Waals surface area contributed by atoms with E-state index in [4.69, 9.17) is 0 Å². The Morgan fingerprint density at radius 3 is 2.10 bits per heavy atom. The average molecular weight is 395 g/mol. The summed E-state index contributed by atoms with van der Waals surface area (Å²) < 4.78 is 0. The van der Waals surface area contributed by atoms with Crippen LogP contribution in [-0.4, -0.2) is 22.9 Å². The number of amides is 2. The molecule has 0 spiro atoms. The number of hydrogen-bond acceptors (Lipinski definition) is 2. The maximum atomic E-state index is 13.6. The Hall–Kier alpha value is -2.62. The zero-order chi connectivity index (χ0) is 21.8. The highest BCUT2D eigenvalue weighted by Crippen LogP contribution is 2.29. The molecule has 1 atom stereocenters. The molecule has 0 bridgehead atoms. The molecule has 2 aromatic carbocycles. The molecule has 0 aliphatic rings. The number of aryl methyl sites for hydroxylation is 3. The van der Waals surface area contributed by atoms with Crippen LogP contribution in [0.1, 0.15) is 77.9 Å². The van der Waals surface area contributed by atoms with Crippen molar-refractivity contribution >= 4 is 11.8 Å². The van der Waals surface area contributed by atoms with E-state index in [0.29, 0.717) is 11.1 Å². The van der Waals surface area contributed by atoms with Gasteiger partial charge in [-0.2, -0.15) is 0 Å². The van der Waals surface area contributed by atoms with E-state index < -0.39 is 0 Å². The molecule has 2 aromatic rings. The lowest BCUT2D eigenvalue weighted by atomic mass is 9.83. The highest BCUT2D eigenvalue weighted by Gasteiger charge is 2.35.